The van der Waals surface area contributed by atoms with Crippen molar-refractivity contribution < 1.29 is 9.53 Å². The van der Waals surface area contributed by atoms with Gasteiger partial charge in [-0.1, -0.05) is 30.3 Å². The van der Waals surface area contributed by atoms with Gasteiger partial charge in [-0.05, 0) is 25.0 Å². The predicted molar refractivity (Wildman–Crippen MR) is 99.6 cm³/mol. The van der Waals surface area contributed by atoms with Crippen LogP contribution >= 0.6 is 23.1 Å². The van der Waals surface area contributed by atoms with Gasteiger partial charge in [-0.2, -0.15) is 0 Å². The fraction of sp³-hybridized carbons (Fsp3) is 0.278. The Balaban J connectivity index is 1.82. The lowest BCUT2D eigenvalue weighted by molar-refractivity contribution is -0.140. The number of methoxy groups -OCH3 is 1. The second kappa shape index (κ2) is 7.77. The number of aryl methyl sites for hydroxylation is 1. The molecule has 6 heteroatoms. The van der Waals surface area contributed by atoms with Crippen LogP contribution in [0.4, 0.5) is 0 Å². The Kier molecular flexibility index (Phi) is 5.48. The molecule has 0 bridgehead atoms. The number of aromatic nitrogens is 2. The number of carbonyl (C=O) groups excluding carboxylic acids is 1. The van der Waals surface area contributed by atoms with E-state index in [0.717, 1.165) is 33.2 Å². The number of esters is 1. The third kappa shape index (κ3) is 3.94. The largest absolute Gasteiger partial charge is 0.469 e. The highest BCUT2D eigenvalue weighted by molar-refractivity contribution is 7.99. The minimum atomic E-state index is -0.165. The van der Waals surface area contributed by atoms with E-state index in [2.05, 4.69) is 32.9 Å². The third-order valence-electron chi connectivity index (χ3n) is 3.52. The van der Waals surface area contributed by atoms with E-state index in [0.29, 0.717) is 6.42 Å². The highest BCUT2D eigenvalue weighted by Crippen LogP contribution is 2.36. The highest BCUT2D eigenvalue weighted by Gasteiger charge is 2.12. The van der Waals surface area contributed by atoms with Gasteiger partial charge in [0.1, 0.15) is 15.7 Å². The molecule has 0 saturated heterocycles. The van der Waals surface area contributed by atoms with E-state index in [4.69, 9.17) is 0 Å². The molecule has 0 spiro atoms. The number of hydrogen-bond donors (Lipinski definition) is 0. The highest BCUT2D eigenvalue weighted by atomic mass is 32.2. The number of carbonyl (C=O) groups is 1. The molecule has 2 heterocycles. The number of hydrogen-bond acceptors (Lipinski definition) is 6. The first kappa shape index (κ1) is 16.9. The van der Waals surface area contributed by atoms with E-state index < -0.39 is 0 Å². The van der Waals surface area contributed by atoms with Crippen LogP contribution in [0.15, 0.2) is 41.4 Å². The van der Waals surface area contributed by atoms with Gasteiger partial charge in [-0.25, -0.2) is 9.97 Å². The lowest BCUT2D eigenvalue weighted by atomic mass is 10.2. The molecule has 4 nitrogen and oxygen atoms in total. The van der Waals surface area contributed by atoms with E-state index in [1.807, 2.05) is 25.1 Å². The minimum Gasteiger partial charge on any atom is -0.469 e. The summed E-state index contributed by atoms with van der Waals surface area (Å²) in [6, 6.07) is 12.5. The fourth-order valence-corrected chi connectivity index (χ4v) is 4.48. The average Bonchev–Trinajstić information content (AvgIpc) is 3.03. The summed E-state index contributed by atoms with van der Waals surface area (Å²) in [6.07, 6.45) is 1.22. The van der Waals surface area contributed by atoms with Crippen LogP contribution in [0.5, 0.6) is 0 Å². The molecule has 0 saturated carbocycles. The average molecular weight is 358 g/mol. The molecule has 2 aromatic heterocycles. The second-order valence-electron chi connectivity index (χ2n) is 5.30. The van der Waals surface area contributed by atoms with Crippen LogP contribution < -0.4 is 0 Å². The minimum absolute atomic E-state index is 0.165. The number of nitrogens with zero attached hydrogens (tertiary/aromatic N) is 2. The zero-order valence-electron chi connectivity index (χ0n) is 13.6. The monoisotopic (exact) mass is 358 g/mol. The van der Waals surface area contributed by atoms with Crippen molar-refractivity contribution in [2.75, 3.05) is 12.9 Å². The molecule has 0 atom stereocenters. The normalized spacial score (nSPS) is 10.9. The van der Waals surface area contributed by atoms with Gasteiger partial charge in [0.2, 0.25) is 0 Å². The lowest BCUT2D eigenvalue weighted by Gasteiger charge is -2.03. The Labute approximate surface area is 149 Å². The summed E-state index contributed by atoms with van der Waals surface area (Å²) in [7, 11) is 1.42. The van der Waals surface area contributed by atoms with Gasteiger partial charge in [-0.15, -0.1) is 23.1 Å². The van der Waals surface area contributed by atoms with Crippen LogP contribution in [0.25, 0.3) is 20.7 Å². The Morgan fingerprint density at radius 1 is 1.25 bits per heavy atom. The molecular formula is C18H18N2O2S2. The molecule has 124 valence electrons. The van der Waals surface area contributed by atoms with Crippen LogP contribution in [-0.4, -0.2) is 28.8 Å². The van der Waals surface area contributed by atoms with Gasteiger partial charge in [0.25, 0.3) is 0 Å². The zero-order valence-corrected chi connectivity index (χ0v) is 15.2. The Morgan fingerprint density at radius 2 is 2.04 bits per heavy atom. The number of rotatable bonds is 6. The van der Waals surface area contributed by atoms with Crippen LogP contribution in [0.1, 0.15) is 18.7 Å². The lowest BCUT2D eigenvalue weighted by Crippen LogP contribution is -2.00. The smallest absolute Gasteiger partial charge is 0.305 e. The van der Waals surface area contributed by atoms with Gasteiger partial charge in [0.15, 0.2) is 0 Å². The van der Waals surface area contributed by atoms with E-state index in [-0.39, 0.29) is 5.97 Å². The van der Waals surface area contributed by atoms with Crippen molar-refractivity contribution in [1.82, 2.24) is 9.97 Å². The molecule has 0 N–H and O–H groups in total. The fourth-order valence-electron chi connectivity index (χ4n) is 2.34. The summed E-state index contributed by atoms with van der Waals surface area (Å²) < 4.78 is 4.67. The number of thioether (sulfide) groups is 1. The molecular weight excluding hydrogens is 340 g/mol. The molecule has 24 heavy (non-hydrogen) atoms. The van der Waals surface area contributed by atoms with Crippen molar-refractivity contribution in [3.05, 3.63) is 42.2 Å². The van der Waals surface area contributed by atoms with Crippen molar-refractivity contribution in [1.29, 1.82) is 0 Å². The maximum absolute atomic E-state index is 11.2. The van der Waals surface area contributed by atoms with Crippen LogP contribution in [0.3, 0.4) is 0 Å². The van der Waals surface area contributed by atoms with Crippen molar-refractivity contribution in [2.24, 2.45) is 0 Å². The molecule has 3 rings (SSSR count). The number of thiophene rings is 1. The van der Waals surface area contributed by atoms with Gasteiger partial charge < -0.3 is 4.74 Å². The zero-order chi connectivity index (χ0) is 16.9. The van der Waals surface area contributed by atoms with Gasteiger partial charge in [-0.3, -0.25) is 4.79 Å². The molecule has 0 aliphatic rings. The first-order chi connectivity index (χ1) is 11.7. The van der Waals surface area contributed by atoms with Gasteiger partial charge in [0.05, 0.1) is 7.11 Å². The van der Waals surface area contributed by atoms with Crippen molar-refractivity contribution >= 4 is 39.3 Å². The van der Waals surface area contributed by atoms with Crippen molar-refractivity contribution in [2.45, 2.75) is 24.8 Å². The molecule has 0 aliphatic carbocycles. The topological polar surface area (TPSA) is 52.1 Å². The Bertz CT molecular complexity index is 847. The SMILES string of the molecule is COC(=O)CCCSc1nc(C)nc2sc(-c3ccccc3)cc12. The summed E-state index contributed by atoms with van der Waals surface area (Å²) in [5, 5.41) is 2.08. The third-order valence-corrected chi connectivity index (χ3v) is 5.68. The standard InChI is InChI=1S/C18H18N2O2S2/c1-12-19-17(23-10-6-9-16(21)22-2)14-11-15(24-18(14)20-12)13-7-4-3-5-8-13/h3-5,7-8,11H,6,9-10H2,1-2H3. The van der Waals surface area contributed by atoms with Crippen LogP contribution in [-0.2, 0) is 9.53 Å². The van der Waals surface area contributed by atoms with E-state index >= 15 is 0 Å². The maximum atomic E-state index is 11.2. The first-order valence-electron chi connectivity index (χ1n) is 7.70. The van der Waals surface area contributed by atoms with Gasteiger partial charge in [0, 0.05) is 22.4 Å². The Hall–Kier alpha value is -1.92. The predicted octanol–water partition coefficient (Wildman–Crippen LogP) is 4.71. The molecule has 0 amide bonds. The number of fused-ring (bicyclic) bond motifs is 1. The van der Waals surface area contributed by atoms with E-state index in [1.165, 1.54) is 17.6 Å². The molecule has 0 aliphatic heterocycles. The van der Waals surface area contributed by atoms with E-state index in [1.54, 1.807) is 23.1 Å². The molecule has 0 unspecified atom stereocenters. The molecule has 0 radical (unpaired) electrons. The number of benzene rings is 1. The summed E-state index contributed by atoms with van der Waals surface area (Å²) in [4.78, 5) is 22.6. The Morgan fingerprint density at radius 3 is 2.79 bits per heavy atom. The quantitative estimate of drug-likeness (QED) is 0.276. The summed E-state index contributed by atoms with van der Waals surface area (Å²) >= 11 is 3.36. The maximum Gasteiger partial charge on any atom is 0.305 e. The first-order valence-corrected chi connectivity index (χ1v) is 9.51. The van der Waals surface area contributed by atoms with Crippen LogP contribution in [0, 0.1) is 6.92 Å². The molecule has 1 aromatic carbocycles. The molecule has 0 fully saturated rings. The second-order valence-corrected chi connectivity index (χ2v) is 7.41. The summed E-state index contributed by atoms with van der Waals surface area (Å²) in [5.74, 6) is 1.44. The summed E-state index contributed by atoms with van der Waals surface area (Å²) in [5.41, 5.74) is 1.19. The molecule has 3 aromatic rings. The summed E-state index contributed by atoms with van der Waals surface area (Å²) in [6.45, 7) is 1.92. The van der Waals surface area contributed by atoms with Crippen molar-refractivity contribution in [3.8, 4) is 10.4 Å². The van der Waals surface area contributed by atoms with Gasteiger partial charge >= 0.3 is 5.97 Å². The number of ether oxygens (including phenoxy) is 1. The van der Waals surface area contributed by atoms with E-state index in [9.17, 15) is 4.79 Å². The van der Waals surface area contributed by atoms with Crippen molar-refractivity contribution in [3.63, 3.8) is 0 Å². The van der Waals surface area contributed by atoms with Crippen LogP contribution in [0.2, 0.25) is 0 Å².